The molecule has 2 atom stereocenters. The molecule has 0 bridgehead atoms. The highest BCUT2D eigenvalue weighted by molar-refractivity contribution is 5.69. The molecule has 0 aromatic rings. The van der Waals surface area contributed by atoms with Gasteiger partial charge in [-0.15, -0.1) is 0 Å². The maximum atomic E-state index is 13.2. The summed E-state index contributed by atoms with van der Waals surface area (Å²) in [6, 6.07) is 0. The van der Waals surface area contributed by atoms with Crippen LogP contribution in [-0.2, 0) is 9.53 Å². The van der Waals surface area contributed by atoms with Crippen molar-refractivity contribution in [2.75, 3.05) is 20.2 Å². The van der Waals surface area contributed by atoms with Crippen LogP contribution in [0.15, 0.2) is 0 Å². The summed E-state index contributed by atoms with van der Waals surface area (Å²) >= 11 is 0. The minimum Gasteiger partial charge on any atom is -0.469 e. The van der Waals surface area contributed by atoms with Crippen LogP contribution >= 0.6 is 0 Å². The zero-order valence-corrected chi connectivity index (χ0v) is 7.88. The third kappa shape index (κ3) is 3.30. The topological polar surface area (TPSA) is 38.3 Å². The van der Waals surface area contributed by atoms with E-state index in [0.29, 0.717) is 19.4 Å². The van der Waals surface area contributed by atoms with Gasteiger partial charge in [0.15, 0.2) is 0 Å². The molecule has 1 aliphatic heterocycles. The Hall–Kier alpha value is -0.640. The summed E-state index contributed by atoms with van der Waals surface area (Å²) in [5, 5.41) is 2.97. The molecule has 0 radical (unpaired) electrons. The smallest absolute Gasteiger partial charge is 0.305 e. The van der Waals surface area contributed by atoms with E-state index in [2.05, 4.69) is 10.1 Å². The Labute approximate surface area is 77.6 Å². The minimum atomic E-state index is -0.807. The molecule has 3 nitrogen and oxygen atoms in total. The minimum absolute atomic E-state index is 0.0281. The zero-order chi connectivity index (χ0) is 9.68. The van der Waals surface area contributed by atoms with Gasteiger partial charge >= 0.3 is 5.97 Å². The molecule has 0 spiro atoms. The van der Waals surface area contributed by atoms with E-state index in [-0.39, 0.29) is 11.9 Å². The third-order valence-corrected chi connectivity index (χ3v) is 2.49. The summed E-state index contributed by atoms with van der Waals surface area (Å²) in [5.74, 6) is -0.217. The van der Waals surface area contributed by atoms with Gasteiger partial charge in [0.25, 0.3) is 0 Å². The van der Waals surface area contributed by atoms with E-state index >= 15 is 0 Å². The number of hydrogen-bond acceptors (Lipinski definition) is 3. The van der Waals surface area contributed by atoms with E-state index in [1.165, 1.54) is 7.11 Å². The molecule has 1 saturated heterocycles. The normalized spacial score (nSPS) is 28.5. The van der Waals surface area contributed by atoms with Crippen LogP contribution in [0, 0.1) is 5.92 Å². The van der Waals surface area contributed by atoms with Crippen LogP contribution in [0.25, 0.3) is 0 Å². The maximum Gasteiger partial charge on any atom is 0.305 e. The molecule has 1 fully saturated rings. The van der Waals surface area contributed by atoms with Gasteiger partial charge < -0.3 is 10.1 Å². The van der Waals surface area contributed by atoms with Gasteiger partial charge in [0, 0.05) is 13.0 Å². The number of ether oxygens (including phenoxy) is 1. The van der Waals surface area contributed by atoms with Crippen molar-refractivity contribution in [1.82, 2.24) is 5.32 Å². The van der Waals surface area contributed by atoms with Gasteiger partial charge in [-0.2, -0.15) is 0 Å². The van der Waals surface area contributed by atoms with E-state index < -0.39 is 6.17 Å². The molecular formula is C9H16FNO2. The van der Waals surface area contributed by atoms with Crippen molar-refractivity contribution in [2.45, 2.75) is 25.4 Å². The number of hydrogen-bond donors (Lipinski definition) is 1. The van der Waals surface area contributed by atoms with Gasteiger partial charge in [-0.3, -0.25) is 4.79 Å². The highest BCUT2D eigenvalue weighted by atomic mass is 19.1. The molecule has 1 rings (SSSR count). The number of piperidine rings is 1. The number of halogens is 1. The Morgan fingerprint density at radius 1 is 1.69 bits per heavy atom. The lowest BCUT2D eigenvalue weighted by Crippen LogP contribution is -2.38. The summed E-state index contributed by atoms with van der Waals surface area (Å²) in [4.78, 5) is 10.8. The van der Waals surface area contributed by atoms with E-state index in [1.54, 1.807) is 0 Å². The third-order valence-electron chi connectivity index (χ3n) is 2.49. The van der Waals surface area contributed by atoms with E-state index in [1.807, 2.05) is 0 Å². The lowest BCUT2D eigenvalue weighted by molar-refractivity contribution is -0.141. The number of esters is 1. The second-order valence-corrected chi connectivity index (χ2v) is 3.38. The summed E-state index contributed by atoms with van der Waals surface area (Å²) in [5.41, 5.74) is 0. The molecule has 4 heteroatoms. The second kappa shape index (κ2) is 5.17. The first-order valence-electron chi connectivity index (χ1n) is 4.65. The predicted molar refractivity (Wildman–Crippen MR) is 47.1 cm³/mol. The van der Waals surface area contributed by atoms with Crippen LogP contribution in [0.3, 0.4) is 0 Å². The van der Waals surface area contributed by atoms with Gasteiger partial charge in [-0.25, -0.2) is 4.39 Å². The Kier molecular flexibility index (Phi) is 4.15. The van der Waals surface area contributed by atoms with Gasteiger partial charge in [0.1, 0.15) is 6.17 Å². The van der Waals surface area contributed by atoms with Crippen molar-refractivity contribution < 1.29 is 13.9 Å². The second-order valence-electron chi connectivity index (χ2n) is 3.38. The van der Waals surface area contributed by atoms with Crippen molar-refractivity contribution in [2.24, 2.45) is 5.92 Å². The van der Waals surface area contributed by atoms with Gasteiger partial charge in [0.05, 0.1) is 7.11 Å². The summed E-state index contributed by atoms with van der Waals surface area (Å²) in [6.07, 6.45) is 0.952. The van der Waals surface area contributed by atoms with Gasteiger partial charge in [0.2, 0.25) is 0 Å². The number of carbonyl (C=O) groups excluding carboxylic acids is 1. The molecule has 2 unspecified atom stereocenters. The molecule has 0 saturated carbocycles. The number of rotatable bonds is 3. The number of carbonyl (C=O) groups is 1. The van der Waals surface area contributed by atoms with Crippen molar-refractivity contribution in [3.63, 3.8) is 0 Å². The fourth-order valence-corrected chi connectivity index (χ4v) is 1.61. The largest absolute Gasteiger partial charge is 0.469 e. The monoisotopic (exact) mass is 189 g/mol. The first-order chi connectivity index (χ1) is 6.24. The summed E-state index contributed by atoms with van der Waals surface area (Å²) < 4.78 is 17.7. The average Bonchev–Trinajstić information content (AvgIpc) is 2.16. The van der Waals surface area contributed by atoms with Gasteiger partial charge in [-0.1, -0.05) is 0 Å². The SMILES string of the molecule is COC(=O)CCC1CCNCC1F. The van der Waals surface area contributed by atoms with Crippen LogP contribution in [0.4, 0.5) is 4.39 Å². The molecule has 1 heterocycles. The van der Waals surface area contributed by atoms with Crippen LogP contribution in [0.5, 0.6) is 0 Å². The number of alkyl halides is 1. The maximum absolute atomic E-state index is 13.2. The molecule has 0 aromatic carbocycles. The van der Waals surface area contributed by atoms with Crippen LogP contribution in [-0.4, -0.2) is 32.3 Å². The molecule has 1 aliphatic rings. The highest BCUT2D eigenvalue weighted by Gasteiger charge is 2.24. The van der Waals surface area contributed by atoms with E-state index in [4.69, 9.17) is 0 Å². The predicted octanol–water partition coefficient (Wildman–Crippen LogP) is 0.887. The molecule has 0 amide bonds. The fourth-order valence-electron chi connectivity index (χ4n) is 1.61. The summed E-state index contributed by atoms with van der Waals surface area (Å²) in [6.45, 7) is 1.28. The van der Waals surface area contributed by atoms with Crippen molar-refractivity contribution in [1.29, 1.82) is 0 Å². The fraction of sp³-hybridized carbons (Fsp3) is 0.889. The van der Waals surface area contributed by atoms with Crippen LogP contribution in [0.1, 0.15) is 19.3 Å². The lowest BCUT2D eigenvalue weighted by atomic mass is 9.91. The average molecular weight is 189 g/mol. The van der Waals surface area contributed by atoms with Crippen LogP contribution < -0.4 is 5.32 Å². The van der Waals surface area contributed by atoms with Crippen molar-refractivity contribution >= 4 is 5.97 Å². The van der Waals surface area contributed by atoms with Gasteiger partial charge in [-0.05, 0) is 25.3 Å². The first kappa shape index (κ1) is 10.4. The Bertz CT molecular complexity index is 175. The Morgan fingerprint density at radius 3 is 3.08 bits per heavy atom. The molecule has 1 N–H and O–H groups in total. The number of methoxy groups -OCH3 is 1. The Morgan fingerprint density at radius 2 is 2.46 bits per heavy atom. The standard InChI is InChI=1S/C9H16FNO2/c1-13-9(12)3-2-7-4-5-11-6-8(7)10/h7-8,11H,2-6H2,1H3. The highest BCUT2D eigenvalue weighted by Crippen LogP contribution is 2.21. The first-order valence-corrected chi connectivity index (χ1v) is 4.65. The molecule has 0 aliphatic carbocycles. The lowest BCUT2D eigenvalue weighted by Gasteiger charge is -2.26. The summed E-state index contributed by atoms with van der Waals surface area (Å²) in [7, 11) is 1.36. The van der Waals surface area contributed by atoms with E-state index in [0.717, 1.165) is 13.0 Å². The molecule has 0 aromatic heterocycles. The molecular weight excluding hydrogens is 173 g/mol. The van der Waals surface area contributed by atoms with Crippen molar-refractivity contribution in [3.05, 3.63) is 0 Å². The zero-order valence-electron chi connectivity index (χ0n) is 7.88. The Balaban J connectivity index is 2.22. The molecule has 13 heavy (non-hydrogen) atoms. The van der Waals surface area contributed by atoms with Crippen LogP contribution in [0.2, 0.25) is 0 Å². The quantitative estimate of drug-likeness (QED) is 0.670. The van der Waals surface area contributed by atoms with Crippen molar-refractivity contribution in [3.8, 4) is 0 Å². The number of nitrogens with one attached hydrogen (secondary N) is 1. The molecule has 76 valence electrons. The van der Waals surface area contributed by atoms with E-state index in [9.17, 15) is 9.18 Å².